The van der Waals surface area contributed by atoms with E-state index < -0.39 is 23.3 Å². The van der Waals surface area contributed by atoms with Crippen LogP contribution in [0.5, 0.6) is 0 Å². The van der Waals surface area contributed by atoms with Gasteiger partial charge in [-0.3, -0.25) is 10.1 Å². The average Bonchev–Trinajstić information content (AvgIpc) is 2.23. The Labute approximate surface area is 129 Å². The number of nitrogens with zero attached hydrogens (tertiary/aromatic N) is 1. The van der Waals surface area contributed by atoms with Crippen LogP contribution in [0.2, 0.25) is 0 Å². The van der Waals surface area contributed by atoms with Crippen LogP contribution in [-0.2, 0) is 4.79 Å². The number of amides is 3. The van der Waals surface area contributed by atoms with Crippen LogP contribution in [0, 0.1) is 5.41 Å². The summed E-state index contributed by atoms with van der Waals surface area (Å²) in [5.41, 5.74) is -0.612. The third-order valence-electron chi connectivity index (χ3n) is 2.98. The van der Waals surface area contributed by atoms with Gasteiger partial charge in [-0.15, -0.1) is 0 Å². The molecule has 0 fully saturated rings. The Morgan fingerprint density at radius 2 is 2.06 bits per heavy atom. The number of carbonyl (C=O) groups is 2. The first-order valence-corrected chi connectivity index (χ1v) is 5.77. The van der Waals surface area contributed by atoms with Crippen molar-refractivity contribution in [1.82, 2.24) is 5.32 Å². The standard InChI is InChI=1S/C12H18N2O3.Na/c1-4-6-8(3)12(7-5-2)9(15)13-11(17)14-10(12)16;/h6H,4-5,7H2,1-3H3,(H2,13,14,15,16,17);/q;+1/p-1/b8-6-;. The van der Waals surface area contributed by atoms with E-state index in [1.54, 1.807) is 6.92 Å². The fourth-order valence-electron chi connectivity index (χ4n) is 2.14. The fourth-order valence-corrected chi connectivity index (χ4v) is 2.14. The molecule has 1 atom stereocenters. The Hall–Kier alpha value is -0.650. The summed E-state index contributed by atoms with van der Waals surface area (Å²) in [5.74, 6) is -1.19. The van der Waals surface area contributed by atoms with Crippen LogP contribution in [0.4, 0.5) is 4.79 Å². The van der Waals surface area contributed by atoms with E-state index in [1.165, 1.54) is 0 Å². The molecule has 0 aliphatic carbocycles. The average molecular weight is 260 g/mol. The molecular formula is C12H17N2NaO3. The summed E-state index contributed by atoms with van der Waals surface area (Å²) in [6.45, 7) is 5.55. The summed E-state index contributed by atoms with van der Waals surface area (Å²) in [5, 5.41) is 14.1. The van der Waals surface area contributed by atoms with Gasteiger partial charge in [-0.1, -0.05) is 31.9 Å². The number of aliphatic imine (C=N–C) groups is 1. The molecule has 18 heavy (non-hydrogen) atoms. The molecule has 1 rings (SSSR count). The number of urea groups is 1. The molecule has 1 N–H and O–H groups in total. The zero-order chi connectivity index (χ0) is 13.1. The van der Waals surface area contributed by atoms with Gasteiger partial charge in [0.2, 0.25) is 5.91 Å². The van der Waals surface area contributed by atoms with E-state index >= 15 is 0 Å². The Morgan fingerprint density at radius 1 is 1.44 bits per heavy atom. The van der Waals surface area contributed by atoms with Crippen LogP contribution in [0.15, 0.2) is 16.6 Å². The molecule has 0 aromatic heterocycles. The smallest absolute Gasteiger partial charge is 0.861 e. The van der Waals surface area contributed by atoms with E-state index in [9.17, 15) is 14.7 Å². The van der Waals surface area contributed by atoms with E-state index in [0.717, 1.165) is 6.42 Å². The Bertz CT molecular complexity index is 404. The maximum Gasteiger partial charge on any atom is 1.00 e. The van der Waals surface area contributed by atoms with Crippen molar-refractivity contribution in [3.05, 3.63) is 11.6 Å². The molecule has 0 saturated carbocycles. The molecule has 0 saturated heterocycles. The van der Waals surface area contributed by atoms with E-state index in [4.69, 9.17) is 0 Å². The summed E-state index contributed by atoms with van der Waals surface area (Å²) in [4.78, 5) is 26.4. The van der Waals surface area contributed by atoms with Crippen molar-refractivity contribution in [1.29, 1.82) is 0 Å². The van der Waals surface area contributed by atoms with E-state index in [1.807, 2.05) is 19.9 Å². The quantitative estimate of drug-likeness (QED) is 0.475. The van der Waals surface area contributed by atoms with E-state index in [0.29, 0.717) is 18.4 Å². The summed E-state index contributed by atoms with van der Waals surface area (Å²) in [6, 6.07) is -0.865. The van der Waals surface area contributed by atoms with Gasteiger partial charge in [0.1, 0.15) is 0 Å². The van der Waals surface area contributed by atoms with Gasteiger partial charge < -0.3 is 5.11 Å². The number of nitrogens with one attached hydrogen (secondary N) is 1. The Balaban J connectivity index is 0.00000289. The molecular weight excluding hydrogens is 243 g/mol. The van der Waals surface area contributed by atoms with Crippen molar-refractivity contribution < 1.29 is 44.3 Å². The first-order valence-electron chi connectivity index (χ1n) is 5.77. The van der Waals surface area contributed by atoms with Crippen molar-refractivity contribution in [3.8, 4) is 0 Å². The van der Waals surface area contributed by atoms with Crippen molar-refractivity contribution in [2.45, 2.75) is 40.0 Å². The zero-order valence-corrected chi connectivity index (χ0v) is 13.4. The maximum atomic E-state index is 12.0. The molecule has 6 heteroatoms. The van der Waals surface area contributed by atoms with Gasteiger partial charge >= 0.3 is 35.6 Å². The number of hydrogen-bond acceptors (Lipinski definition) is 3. The van der Waals surface area contributed by atoms with Crippen molar-refractivity contribution >= 4 is 17.8 Å². The number of hydrogen-bond donors (Lipinski definition) is 1. The Kier molecular flexibility index (Phi) is 6.81. The number of rotatable bonds is 4. The second-order valence-electron chi connectivity index (χ2n) is 4.13. The second kappa shape index (κ2) is 7.07. The van der Waals surface area contributed by atoms with Gasteiger partial charge in [0.15, 0.2) is 0 Å². The molecule has 0 spiro atoms. The van der Waals surface area contributed by atoms with Crippen LogP contribution >= 0.6 is 0 Å². The van der Waals surface area contributed by atoms with Gasteiger partial charge in [0.05, 0.1) is 5.41 Å². The summed E-state index contributed by atoms with van der Waals surface area (Å²) >= 11 is 0. The van der Waals surface area contributed by atoms with Crippen molar-refractivity contribution in [3.63, 3.8) is 0 Å². The molecule has 0 aromatic carbocycles. The molecule has 1 aliphatic heterocycles. The van der Waals surface area contributed by atoms with Crippen molar-refractivity contribution in [2.24, 2.45) is 10.4 Å². The van der Waals surface area contributed by atoms with Gasteiger partial charge in [-0.05, 0) is 25.7 Å². The van der Waals surface area contributed by atoms with Crippen LogP contribution in [-0.4, -0.2) is 17.8 Å². The van der Waals surface area contributed by atoms with Crippen LogP contribution < -0.4 is 40.0 Å². The first-order chi connectivity index (χ1) is 7.98. The summed E-state index contributed by atoms with van der Waals surface area (Å²) in [6.07, 6.45) is 3.60. The largest absolute Gasteiger partial charge is 1.00 e. The van der Waals surface area contributed by atoms with Gasteiger partial charge in [0, 0.05) is 0 Å². The third-order valence-corrected chi connectivity index (χ3v) is 2.98. The van der Waals surface area contributed by atoms with E-state index in [2.05, 4.69) is 10.3 Å². The van der Waals surface area contributed by atoms with Gasteiger partial charge in [-0.2, -0.15) is 0 Å². The van der Waals surface area contributed by atoms with Crippen LogP contribution in [0.1, 0.15) is 40.0 Å². The Morgan fingerprint density at radius 3 is 2.50 bits per heavy atom. The monoisotopic (exact) mass is 260 g/mol. The molecule has 0 aromatic rings. The third kappa shape index (κ3) is 3.02. The topological polar surface area (TPSA) is 81.6 Å². The molecule has 1 aliphatic rings. The fraction of sp³-hybridized carbons (Fsp3) is 0.583. The predicted octanol–water partition coefficient (Wildman–Crippen LogP) is -1.86. The molecule has 1 heterocycles. The molecule has 94 valence electrons. The zero-order valence-electron chi connectivity index (χ0n) is 11.4. The van der Waals surface area contributed by atoms with Crippen LogP contribution in [0.3, 0.4) is 0 Å². The summed E-state index contributed by atoms with van der Waals surface area (Å²) < 4.78 is 0. The molecule has 3 amide bonds. The molecule has 5 nitrogen and oxygen atoms in total. The first kappa shape index (κ1) is 17.4. The molecule has 0 bridgehead atoms. The minimum Gasteiger partial charge on any atom is -0.861 e. The second-order valence-corrected chi connectivity index (χ2v) is 4.13. The minimum absolute atomic E-state index is 0. The minimum atomic E-state index is -1.28. The number of imide groups is 1. The normalized spacial score (nSPS) is 24.2. The van der Waals surface area contributed by atoms with Gasteiger partial charge in [-0.25, -0.2) is 9.79 Å². The van der Waals surface area contributed by atoms with Crippen molar-refractivity contribution in [2.75, 3.05) is 0 Å². The number of allylic oxidation sites excluding steroid dienone is 1. The number of carbonyl (C=O) groups excluding carboxylic acids is 2. The molecule has 0 radical (unpaired) electrons. The SMILES string of the molecule is CC/C=C(/C)C1(CCC)C(=O)NC(=O)N=C1[O-].[Na+]. The molecule has 1 unspecified atom stereocenters. The summed E-state index contributed by atoms with van der Waals surface area (Å²) in [7, 11) is 0. The maximum absolute atomic E-state index is 12.0. The predicted molar refractivity (Wildman–Crippen MR) is 62.4 cm³/mol. The van der Waals surface area contributed by atoms with Crippen LogP contribution in [0.25, 0.3) is 0 Å². The van der Waals surface area contributed by atoms with E-state index in [-0.39, 0.29) is 29.6 Å². The van der Waals surface area contributed by atoms with Gasteiger partial charge in [0.25, 0.3) is 0 Å².